The molecule has 72 valence electrons. The summed E-state index contributed by atoms with van der Waals surface area (Å²) in [5, 5.41) is -0.0368. The van der Waals surface area contributed by atoms with Crippen LogP contribution in [0.25, 0.3) is 0 Å². The van der Waals surface area contributed by atoms with E-state index in [0.717, 1.165) is 0 Å². The van der Waals surface area contributed by atoms with Crippen LogP contribution >= 0.6 is 23.2 Å². The summed E-state index contributed by atoms with van der Waals surface area (Å²) in [5.74, 6) is 0. The average molecular weight is 227 g/mol. The van der Waals surface area contributed by atoms with Gasteiger partial charge in [-0.05, 0) is 6.07 Å². The molecule has 6 heteroatoms. The van der Waals surface area contributed by atoms with Gasteiger partial charge in [-0.2, -0.15) is 0 Å². The molecule has 0 bridgehead atoms. The lowest BCUT2D eigenvalue weighted by Gasteiger charge is -2.08. The zero-order chi connectivity index (χ0) is 10.0. The Kier molecular flexibility index (Phi) is 3.41. The highest BCUT2D eigenvalue weighted by atomic mass is 35.5. The van der Waals surface area contributed by atoms with Gasteiger partial charge in [-0.25, -0.2) is 13.8 Å². The second-order valence-corrected chi connectivity index (χ2v) is 3.09. The third-order valence-electron chi connectivity index (χ3n) is 1.47. The lowest BCUT2D eigenvalue weighted by molar-refractivity contribution is 0.150. The Hall–Kier alpha value is -0.450. The third kappa shape index (κ3) is 2.27. The fourth-order valence-corrected chi connectivity index (χ4v) is 1.49. The Balaban J connectivity index is 3.30. The first-order valence-corrected chi connectivity index (χ1v) is 4.15. The van der Waals surface area contributed by atoms with Crippen LogP contribution in [0.2, 0.25) is 10.2 Å². The van der Waals surface area contributed by atoms with E-state index < -0.39 is 6.43 Å². The summed E-state index contributed by atoms with van der Waals surface area (Å²) in [6.45, 7) is -0.111. The summed E-state index contributed by atoms with van der Waals surface area (Å²) < 4.78 is 24.8. The molecule has 1 rings (SSSR count). The molecule has 1 aromatic heterocycles. The Morgan fingerprint density at radius 3 is 2.54 bits per heavy atom. The van der Waals surface area contributed by atoms with Crippen molar-refractivity contribution in [3.05, 3.63) is 27.5 Å². The number of hydrogen-bond donors (Lipinski definition) is 1. The van der Waals surface area contributed by atoms with E-state index in [9.17, 15) is 8.78 Å². The van der Waals surface area contributed by atoms with E-state index in [1.54, 1.807) is 0 Å². The molecule has 1 heterocycles. The van der Waals surface area contributed by atoms with E-state index in [4.69, 9.17) is 28.9 Å². The van der Waals surface area contributed by atoms with Crippen LogP contribution < -0.4 is 5.73 Å². The van der Waals surface area contributed by atoms with Crippen LogP contribution in [0.4, 0.5) is 8.78 Å². The molecular formula is C7H6Cl2F2N2. The van der Waals surface area contributed by atoms with E-state index in [-0.39, 0.29) is 28.0 Å². The van der Waals surface area contributed by atoms with Gasteiger partial charge < -0.3 is 5.73 Å². The summed E-state index contributed by atoms with van der Waals surface area (Å²) in [6.07, 6.45) is -2.68. The molecule has 0 radical (unpaired) electrons. The number of alkyl halides is 2. The van der Waals surface area contributed by atoms with Crippen molar-refractivity contribution in [1.82, 2.24) is 4.98 Å². The van der Waals surface area contributed by atoms with Crippen molar-refractivity contribution in [3.8, 4) is 0 Å². The van der Waals surface area contributed by atoms with Crippen LogP contribution in [0.5, 0.6) is 0 Å². The lowest BCUT2D eigenvalue weighted by atomic mass is 10.2. The van der Waals surface area contributed by atoms with Gasteiger partial charge >= 0.3 is 0 Å². The molecule has 0 atom stereocenters. The number of nitrogens with two attached hydrogens (primary N) is 1. The minimum Gasteiger partial charge on any atom is -0.325 e. The molecule has 0 saturated carbocycles. The second-order valence-electron chi connectivity index (χ2n) is 2.29. The van der Waals surface area contributed by atoms with Crippen LogP contribution in [0.1, 0.15) is 17.7 Å². The average Bonchev–Trinajstić information content (AvgIpc) is 2.01. The van der Waals surface area contributed by atoms with Crippen molar-refractivity contribution >= 4 is 23.2 Å². The highest BCUT2D eigenvalue weighted by Gasteiger charge is 2.18. The number of hydrogen-bond acceptors (Lipinski definition) is 2. The molecule has 0 aromatic carbocycles. The van der Waals surface area contributed by atoms with Gasteiger partial charge in [-0.1, -0.05) is 23.2 Å². The first-order valence-electron chi connectivity index (χ1n) is 3.39. The molecule has 0 aliphatic carbocycles. The molecule has 0 aliphatic rings. The Morgan fingerprint density at radius 1 is 1.46 bits per heavy atom. The summed E-state index contributed by atoms with van der Waals surface area (Å²) in [5.41, 5.74) is 4.91. The quantitative estimate of drug-likeness (QED) is 0.789. The fraction of sp³-hybridized carbons (Fsp3) is 0.286. The first kappa shape index (κ1) is 10.6. The molecule has 1 aromatic rings. The fourth-order valence-electron chi connectivity index (χ4n) is 0.927. The SMILES string of the molecule is NCc1nc(Cl)cc(Cl)c1C(F)F. The maximum atomic E-state index is 12.4. The Bertz CT molecular complexity index is 318. The molecule has 0 amide bonds. The molecule has 0 aliphatic heterocycles. The minimum absolute atomic E-state index is 0.0347. The van der Waals surface area contributed by atoms with Crippen molar-refractivity contribution in [2.45, 2.75) is 13.0 Å². The van der Waals surface area contributed by atoms with Crippen molar-refractivity contribution in [2.24, 2.45) is 5.73 Å². The van der Waals surface area contributed by atoms with Crippen molar-refractivity contribution in [1.29, 1.82) is 0 Å². The minimum atomic E-state index is -2.68. The zero-order valence-electron chi connectivity index (χ0n) is 6.40. The van der Waals surface area contributed by atoms with Gasteiger partial charge in [0.1, 0.15) is 5.15 Å². The van der Waals surface area contributed by atoms with Gasteiger partial charge in [0.25, 0.3) is 6.43 Å². The highest BCUT2D eigenvalue weighted by Crippen LogP contribution is 2.30. The number of nitrogens with zero attached hydrogens (tertiary/aromatic N) is 1. The smallest absolute Gasteiger partial charge is 0.267 e. The highest BCUT2D eigenvalue weighted by molar-refractivity contribution is 6.34. The molecule has 0 fully saturated rings. The Morgan fingerprint density at radius 2 is 2.08 bits per heavy atom. The molecular weight excluding hydrogens is 221 g/mol. The van der Waals surface area contributed by atoms with Gasteiger partial charge in [0.15, 0.2) is 0 Å². The van der Waals surface area contributed by atoms with E-state index >= 15 is 0 Å². The molecule has 0 saturated heterocycles. The van der Waals surface area contributed by atoms with Gasteiger partial charge in [0, 0.05) is 6.54 Å². The maximum absolute atomic E-state index is 12.4. The molecule has 0 unspecified atom stereocenters. The summed E-state index contributed by atoms with van der Waals surface area (Å²) in [7, 11) is 0. The van der Waals surface area contributed by atoms with Crippen LogP contribution in [0.15, 0.2) is 6.07 Å². The molecule has 2 N–H and O–H groups in total. The van der Waals surface area contributed by atoms with E-state index in [1.807, 2.05) is 0 Å². The van der Waals surface area contributed by atoms with E-state index in [1.165, 1.54) is 6.07 Å². The number of pyridine rings is 1. The molecule has 13 heavy (non-hydrogen) atoms. The summed E-state index contributed by atoms with van der Waals surface area (Å²) >= 11 is 11.1. The molecule has 2 nitrogen and oxygen atoms in total. The summed E-state index contributed by atoms with van der Waals surface area (Å²) in [6, 6.07) is 1.17. The van der Waals surface area contributed by atoms with E-state index in [2.05, 4.69) is 4.98 Å². The normalized spacial score (nSPS) is 10.9. The molecule has 0 spiro atoms. The van der Waals surface area contributed by atoms with Crippen molar-refractivity contribution in [3.63, 3.8) is 0 Å². The number of rotatable bonds is 2. The predicted octanol–water partition coefficient (Wildman–Crippen LogP) is 2.78. The lowest BCUT2D eigenvalue weighted by Crippen LogP contribution is -2.06. The standard InChI is InChI=1S/C7H6Cl2F2N2/c8-3-1-5(9)13-4(2-12)6(3)7(10)11/h1,7H,2,12H2. The number of halogens is 4. The second kappa shape index (κ2) is 4.17. The third-order valence-corrected chi connectivity index (χ3v) is 1.97. The van der Waals surface area contributed by atoms with Gasteiger partial charge in [-0.3, -0.25) is 0 Å². The monoisotopic (exact) mass is 226 g/mol. The largest absolute Gasteiger partial charge is 0.325 e. The van der Waals surface area contributed by atoms with E-state index in [0.29, 0.717) is 0 Å². The van der Waals surface area contributed by atoms with Gasteiger partial charge in [0.05, 0.1) is 16.3 Å². The van der Waals surface area contributed by atoms with Crippen LogP contribution in [-0.2, 0) is 6.54 Å². The van der Waals surface area contributed by atoms with Crippen LogP contribution in [0, 0.1) is 0 Å². The van der Waals surface area contributed by atoms with Gasteiger partial charge in [0.2, 0.25) is 0 Å². The Labute approximate surface area is 83.7 Å². The predicted molar refractivity (Wildman–Crippen MR) is 47.1 cm³/mol. The topological polar surface area (TPSA) is 38.9 Å². The zero-order valence-corrected chi connectivity index (χ0v) is 7.91. The van der Waals surface area contributed by atoms with Crippen molar-refractivity contribution in [2.75, 3.05) is 0 Å². The van der Waals surface area contributed by atoms with Crippen LogP contribution in [0.3, 0.4) is 0 Å². The first-order chi connectivity index (χ1) is 6.06. The van der Waals surface area contributed by atoms with Crippen molar-refractivity contribution < 1.29 is 8.78 Å². The van der Waals surface area contributed by atoms with Gasteiger partial charge in [-0.15, -0.1) is 0 Å². The summed E-state index contributed by atoms with van der Waals surface area (Å²) in [4.78, 5) is 3.65. The number of aromatic nitrogens is 1. The maximum Gasteiger partial charge on any atom is 0.267 e. The van der Waals surface area contributed by atoms with Crippen LogP contribution in [-0.4, -0.2) is 4.98 Å².